The van der Waals surface area contributed by atoms with Crippen LogP contribution in [0.5, 0.6) is 11.5 Å². The smallest absolute Gasteiger partial charge is 0.125 e. The zero-order valence-corrected chi connectivity index (χ0v) is 16.7. The maximum Gasteiger partial charge on any atom is 0.125 e. The monoisotopic (exact) mass is 416 g/mol. The van der Waals surface area contributed by atoms with Gasteiger partial charge < -0.3 is 10.2 Å². The molecule has 0 saturated carbocycles. The first-order valence-corrected chi connectivity index (χ1v) is 9.06. The Morgan fingerprint density at radius 3 is 1.96 bits per heavy atom. The number of hydrogen-bond acceptors (Lipinski definition) is 4. The molecule has 8 heteroatoms. The van der Waals surface area contributed by atoms with Crippen molar-refractivity contribution in [2.75, 3.05) is 0 Å². The molecular weight excluding hydrogens is 399 g/mol. The summed E-state index contributed by atoms with van der Waals surface area (Å²) in [5.74, 6) is 0.395. The lowest BCUT2D eigenvalue weighted by Gasteiger charge is -2.04. The summed E-state index contributed by atoms with van der Waals surface area (Å²) in [6.07, 6.45) is 3.49. The van der Waals surface area contributed by atoms with Crippen molar-refractivity contribution in [1.29, 1.82) is 0 Å². The third-order valence-electron chi connectivity index (χ3n) is 4.00. The highest BCUT2D eigenvalue weighted by atomic mass is 35.5. The summed E-state index contributed by atoms with van der Waals surface area (Å²) in [7, 11) is 3.64. The Bertz CT molecular complexity index is 1110. The van der Waals surface area contributed by atoms with Crippen molar-refractivity contribution in [3.8, 4) is 34.0 Å². The van der Waals surface area contributed by atoms with Gasteiger partial charge in [-0.25, -0.2) is 0 Å². The number of nitrogens with zero attached hydrogens (tertiary/aromatic N) is 4. The van der Waals surface area contributed by atoms with Gasteiger partial charge in [0.2, 0.25) is 0 Å². The minimum atomic E-state index is 0.188. The van der Waals surface area contributed by atoms with Crippen LogP contribution in [0.15, 0.2) is 60.9 Å². The number of phenolic OH excluding ortho intramolecular Hbond substituents is 2. The standard InChI is InChI=1S/2C10H9ClN2O/c1-13-5-4-9(12-13)8-6-7(11)2-3-10(8)14;1-13-9(4-5-12-13)8-6-7(11)2-3-10(8)14/h2*2-6,14H,1H3. The molecule has 4 rings (SSSR count). The maximum atomic E-state index is 9.63. The number of halogens is 2. The molecule has 28 heavy (non-hydrogen) atoms. The molecule has 0 unspecified atom stereocenters. The van der Waals surface area contributed by atoms with E-state index in [-0.39, 0.29) is 11.5 Å². The summed E-state index contributed by atoms with van der Waals surface area (Å²) >= 11 is 11.7. The average Bonchev–Trinajstić information content (AvgIpc) is 3.28. The summed E-state index contributed by atoms with van der Waals surface area (Å²) in [4.78, 5) is 0. The van der Waals surface area contributed by atoms with Crippen LogP contribution < -0.4 is 0 Å². The largest absolute Gasteiger partial charge is 0.507 e. The van der Waals surface area contributed by atoms with Gasteiger partial charge in [0.05, 0.1) is 11.4 Å². The highest BCUT2D eigenvalue weighted by Gasteiger charge is 2.08. The first kappa shape index (κ1) is 19.8. The second-order valence-corrected chi connectivity index (χ2v) is 6.91. The molecule has 2 aromatic heterocycles. The van der Waals surface area contributed by atoms with Gasteiger partial charge >= 0.3 is 0 Å². The first-order valence-electron chi connectivity index (χ1n) is 8.30. The summed E-state index contributed by atoms with van der Waals surface area (Å²) in [5.41, 5.74) is 2.90. The third kappa shape index (κ3) is 4.47. The van der Waals surface area contributed by atoms with E-state index < -0.39 is 0 Å². The summed E-state index contributed by atoms with van der Waals surface area (Å²) < 4.78 is 3.36. The molecule has 2 heterocycles. The van der Waals surface area contributed by atoms with E-state index >= 15 is 0 Å². The van der Waals surface area contributed by atoms with Crippen molar-refractivity contribution in [3.05, 3.63) is 71.0 Å². The van der Waals surface area contributed by atoms with Gasteiger partial charge in [0.1, 0.15) is 11.5 Å². The average molecular weight is 417 g/mol. The van der Waals surface area contributed by atoms with E-state index in [1.165, 1.54) is 0 Å². The zero-order chi connectivity index (χ0) is 20.3. The molecule has 0 amide bonds. The van der Waals surface area contributed by atoms with Crippen LogP contribution in [0.3, 0.4) is 0 Å². The van der Waals surface area contributed by atoms with E-state index in [0.717, 1.165) is 5.69 Å². The van der Waals surface area contributed by atoms with Crippen LogP contribution in [0.2, 0.25) is 10.0 Å². The number of rotatable bonds is 2. The predicted octanol–water partition coefficient (Wildman–Crippen LogP) is 4.89. The van der Waals surface area contributed by atoms with E-state index in [1.807, 2.05) is 32.4 Å². The van der Waals surface area contributed by atoms with Gasteiger partial charge in [-0.2, -0.15) is 10.2 Å². The van der Waals surface area contributed by atoms with Gasteiger partial charge in [0.15, 0.2) is 0 Å². The molecule has 6 nitrogen and oxygen atoms in total. The maximum absolute atomic E-state index is 9.63. The number of aryl methyl sites for hydroxylation is 2. The van der Waals surface area contributed by atoms with E-state index in [4.69, 9.17) is 23.2 Å². The number of benzene rings is 2. The fraction of sp³-hybridized carbons (Fsp3) is 0.100. The van der Waals surface area contributed by atoms with Gasteiger partial charge in [0.25, 0.3) is 0 Å². The number of aromatic nitrogens is 4. The van der Waals surface area contributed by atoms with Crippen LogP contribution in [0, 0.1) is 0 Å². The minimum absolute atomic E-state index is 0.188. The summed E-state index contributed by atoms with van der Waals surface area (Å²) in [6, 6.07) is 13.5. The van der Waals surface area contributed by atoms with Crippen LogP contribution in [-0.2, 0) is 14.1 Å². The Kier molecular flexibility index (Phi) is 5.92. The molecule has 0 aliphatic carbocycles. The molecule has 0 spiro atoms. The topological polar surface area (TPSA) is 76.1 Å². The van der Waals surface area contributed by atoms with Crippen LogP contribution in [0.4, 0.5) is 0 Å². The Hall–Kier alpha value is -2.96. The molecule has 0 fully saturated rings. The van der Waals surface area contributed by atoms with Gasteiger partial charge in [-0.1, -0.05) is 23.2 Å². The molecule has 0 aliphatic rings. The summed E-state index contributed by atoms with van der Waals surface area (Å²) in [5, 5.41) is 28.6. The number of phenols is 2. The molecule has 0 aliphatic heterocycles. The molecule has 4 aromatic rings. The van der Waals surface area contributed by atoms with Crippen molar-refractivity contribution in [2.24, 2.45) is 14.1 Å². The minimum Gasteiger partial charge on any atom is -0.507 e. The third-order valence-corrected chi connectivity index (χ3v) is 4.47. The van der Waals surface area contributed by atoms with Crippen LogP contribution in [-0.4, -0.2) is 29.8 Å². The predicted molar refractivity (Wildman–Crippen MR) is 111 cm³/mol. The Morgan fingerprint density at radius 2 is 1.43 bits per heavy atom. The van der Waals surface area contributed by atoms with Crippen molar-refractivity contribution >= 4 is 23.2 Å². The molecule has 0 saturated heterocycles. The van der Waals surface area contributed by atoms with Crippen molar-refractivity contribution in [2.45, 2.75) is 0 Å². The van der Waals surface area contributed by atoms with Crippen molar-refractivity contribution < 1.29 is 10.2 Å². The van der Waals surface area contributed by atoms with Gasteiger partial charge in [-0.05, 0) is 48.5 Å². The van der Waals surface area contributed by atoms with Crippen molar-refractivity contribution in [1.82, 2.24) is 19.6 Å². The lowest BCUT2D eigenvalue weighted by molar-refractivity contribution is 0.476. The van der Waals surface area contributed by atoms with E-state index in [9.17, 15) is 10.2 Å². The van der Waals surface area contributed by atoms with Gasteiger partial charge in [-0.3, -0.25) is 9.36 Å². The number of hydrogen-bond donors (Lipinski definition) is 2. The van der Waals surface area contributed by atoms with E-state index in [0.29, 0.717) is 26.9 Å². The first-order chi connectivity index (χ1) is 13.3. The SMILES string of the molecule is Cn1ccc(-c2cc(Cl)ccc2O)n1.Cn1nccc1-c1cc(Cl)ccc1O. The normalized spacial score (nSPS) is 10.4. The second-order valence-electron chi connectivity index (χ2n) is 6.04. The molecule has 0 bridgehead atoms. The zero-order valence-electron chi connectivity index (χ0n) is 15.2. The molecule has 144 valence electrons. The fourth-order valence-corrected chi connectivity index (χ4v) is 2.97. The fourth-order valence-electron chi connectivity index (χ4n) is 2.62. The van der Waals surface area contributed by atoms with E-state index in [2.05, 4.69) is 10.2 Å². The van der Waals surface area contributed by atoms with Crippen LogP contribution in [0.25, 0.3) is 22.5 Å². The Balaban J connectivity index is 0.000000161. The molecule has 0 radical (unpaired) electrons. The van der Waals surface area contributed by atoms with Crippen molar-refractivity contribution in [3.63, 3.8) is 0 Å². The lowest BCUT2D eigenvalue weighted by Crippen LogP contribution is -1.93. The second kappa shape index (κ2) is 8.37. The van der Waals surface area contributed by atoms with Crippen LogP contribution in [0.1, 0.15) is 0 Å². The Morgan fingerprint density at radius 1 is 0.821 bits per heavy atom. The number of aromatic hydroxyl groups is 2. The lowest BCUT2D eigenvalue weighted by atomic mass is 10.1. The molecule has 2 N–H and O–H groups in total. The molecule has 0 atom stereocenters. The summed E-state index contributed by atoms with van der Waals surface area (Å²) in [6.45, 7) is 0. The highest BCUT2D eigenvalue weighted by molar-refractivity contribution is 6.31. The quantitative estimate of drug-likeness (QED) is 0.487. The van der Waals surface area contributed by atoms with Gasteiger partial charge in [-0.15, -0.1) is 0 Å². The molecular formula is C20H18Cl2N4O2. The van der Waals surface area contributed by atoms with Gasteiger partial charge in [0, 0.05) is 47.7 Å². The highest BCUT2D eigenvalue weighted by Crippen LogP contribution is 2.31. The Labute approximate surface area is 172 Å². The van der Waals surface area contributed by atoms with Crippen LogP contribution >= 0.6 is 23.2 Å². The van der Waals surface area contributed by atoms with E-state index in [1.54, 1.807) is 52.0 Å². The molecule has 2 aromatic carbocycles.